The Morgan fingerprint density at radius 2 is 1.87 bits per heavy atom. The Bertz CT molecular complexity index is 1100. The van der Waals surface area contributed by atoms with Gasteiger partial charge in [-0.15, -0.1) is 0 Å². The van der Waals surface area contributed by atoms with Crippen molar-refractivity contribution in [1.82, 2.24) is 5.43 Å². The van der Waals surface area contributed by atoms with Crippen molar-refractivity contribution in [2.75, 3.05) is 6.61 Å². The third-order valence-corrected chi connectivity index (χ3v) is 4.91. The van der Waals surface area contributed by atoms with Gasteiger partial charge in [0.15, 0.2) is 11.5 Å². The molecular weight excluding hydrogens is 435 g/mol. The van der Waals surface area contributed by atoms with Crippen molar-refractivity contribution in [3.8, 4) is 11.5 Å². The normalized spacial score (nSPS) is 10.8. The zero-order chi connectivity index (χ0) is 22.2. The molecule has 1 N–H and O–H groups in total. The number of rotatable bonds is 8. The highest BCUT2D eigenvalue weighted by Gasteiger charge is 2.09. The van der Waals surface area contributed by atoms with Gasteiger partial charge in [0.2, 0.25) is 0 Å². The number of amides is 1. The van der Waals surface area contributed by atoms with E-state index in [4.69, 9.17) is 32.7 Å². The lowest BCUT2D eigenvalue weighted by Gasteiger charge is -2.13. The fraction of sp³-hybridized carbons (Fsp3) is 0.167. The Hall–Kier alpha value is -3.02. The van der Waals surface area contributed by atoms with Crippen LogP contribution in [0.25, 0.3) is 0 Å². The average Bonchev–Trinajstić information content (AvgIpc) is 2.74. The number of halogens is 2. The van der Waals surface area contributed by atoms with Crippen molar-refractivity contribution < 1.29 is 14.3 Å². The summed E-state index contributed by atoms with van der Waals surface area (Å²) in [7, 11) is 0. The van der Waals surface area contributed by atoms with E-state index in [1.165, 1.54) is 0 Å². The zero-order valence-corrected chi connectivity index (χ0v) is 18.7. The molecule has 3 aromatic rings. The van der Waals surface area contributed by atoms with Gasteiger partial charge in [-0.05, 0) is 61.9 Å². The highest BCUT2D eigenvalue weighted by molar-refractivity contribution is 6.35. The molecule has 3 aromatic carbocycles. The smallest absolute Gasteiger partial charge is 0.271 e. The maximum absolute atomic E-state index is 12.2. The molecule has 0 aliphatic carbocycles. The van der Waals surface area contributed by atoms with E-state index >= 15 is 0 Å². The largest absolute Gasteiger partial charge is 0.490 e. The van der Waals surface area contributed by atoms with Crippen molar-refractivity contribution in [2.45, 2.75) is 20.5 Å². The number of hydrogen-bond donors (Lipinski definition) is 1. The van der Waals surface area contributed by atoms with E-state index in [0.717, 1.165) is 16.7 Å². The predicted octanol–water partition coefficient (Wildman–Crippen LogP) is 6.04. The number of benzene rings is 3. The van der Waals surface area contributed by atoms with Crippen LogP contribution in [0.15, 0.2) is 65.8 Å². The summed E-state index contributed by atoms with van der Waals surface area (Å²) < 4.78 is 11.6. The topological polar surface area (TPSA) is 59.9 Å². The molecule has 0 radical (unpaired) electrons. The van der Waals surface area contributed by atoms with E-state index in [0.29, 0.717) is 33.7 Å². The Kier molecular flexibility index (Phi) is 7.93. The number of ether oxygens (including phenoxy) is 2. The molecule has 31 heavy (non-hydrogen) atoms. The van der Waals surface area contributed by atoms with Crippen LogP contribution in [0.1, 0.15) is 34.0 Å². The molecule has 7 heteroatoms. The molecule has 160 valence electrons. The lowest BCUT2D eigenvalue weighted by Crippen LogP contribution is -2.17. The molecule has 0 saturated heterocycles. The second-order valence-corrected chi connectivity index (χ2v) is 7.58. The van der Waals surface area contributed by atoms with Crippen LogP contribution in [0.5, 0.6) is 11.5 Å². The minimum Gasteiger partial charge on any atom is -0.490 e. The van der Waals surface area contributed by atoms with Gasteiger partial charge in [0.1, 0.15) is 6.61 Å². The van der Waals surface area contributed by atoms with Gasteiger partial charge in [-0.2, -0.15) is 5.10 Å². The quantitative estimate of drug-likeness (QED) is 0.331. The van der Waals surface area contributed by atoms with Crippen molar-refractivity contribution in [3.05, 3.63) is 93.0 Å². The van der Waals surface area contributed by atoms with Gasteiger partial charge in [0, 0.05) is 21.2 Å². The Labute approximate surface area is 191 Å². The Balaban J connectivity index is 1.67. The van der Waals surface area contributed by atoms with E-state index in [1.54, 1.807) is 42.6 Å². The highest BCUT2D eigenvalue weighted by Crippen LogP contribution is 2.30. The number of hydrazone groups is 1. The maximum atomic E-state index is 12.2. The van der Waals surface area contributed by atoms with E-state index < -0.39 is 0 Å². The summed E-state index contributed by atoms with van der Waals surface area (Å²) in [6, 6.07) is 18.0. The number of carbonyl (C=O) groups excluding carboxylic acids is 1. The molecule has 0 fully saturated rings. The molecule has 0 spiro atoms. The standard InChI is InChI=1S/C24H22Cl2N2O3/c1-3-30-23-12-17(14-27-28-24(29)18-6-4-5-16(2)11-18)7-10-22(23)31-15-19-8-9-20(25)13-21(19)26/h4-14H,3,15H2,1-2H3,(H,28,29)/b27-14+. The first-order valence-corrected chi connectivity index (χ1v) is 10.5. The van der Waals surface area contributed by atoms with Crippen LogP contribution in [0.3, 0.4) is 0 Å². The summed E-state index contributed by atoms with van der Waals surface area (Å²) in [5.41, 5.74) is 5.66. The molecule has 0 saturated carbocycles. The van der Waals surface area contributed by atoms with Crippen LogP contribution in [-0.2, 0) is 6.61 Å². The SMILES string of the molecule is CCOc1cc(/C=N/NC(=O)c2cccc(C)c2)ccc1OCc1ccc(Cl)cc1Cl. The number of hydrogen-bond acceptors (Lipinski definition) is 4. The first kappa shape index (κ1) is 22.7. The molecule has 0 atom stereocenters. The van der Waals surface area contributed by atoms with Gasteiger partial charge in [-0.25, -0.2) is 5.43 Å². The lowest BCUT2D eigenvalue weighted by atomic mass is 10.1. The predicted molar refractivity (Wildman–Crippen MR) is 125 cm³/mol. The fourth-order valence-electron chi connectivity index (χ4n) is 2.80. The summed E-state index contributed by atoms with van der Waals surface area (Å²) in [5, 5.41) is 5.15. The summed E-state index contributed by atoms with van der Waals surface area (Å²) in [6.45, 7) is 4.57. The van der Waals surface area contributed by atoms with Crippen molar-refractivity contribution in [1.29, 1.82) is 0 Å². The first-order valence-electron chi connectivity index (χ1n) is 9.70. The zero-order valence-electron chi connectivity index (χ0n) is 17.2. The third-order valence-electron chi connectivity index (χ3n) is 4.33. The van der Waals surface area contributed by atoms with Gasteiger partial charge in [0.05, 0.1) is 12.8 Å². The molecule has 5 nitrogen and oxygen atoms in total. The molecule has 0 bridgehead atoms. The second-order valence-electron chi connectivity index (χ2n) is 6.73. The summed E-state index contributed by atoms with van der Waals surface area (Å²) in [6.07, 6.45) is 1.55. The fourth-order valence-corrected chi connectivity index (χ4v) is 3.27. The van der Waals surface area contributed by atoms with Gasteiger partial charge >= 0.3 is 0 Å². The molecule has 0 aromatic heterocycles. The van der Waals surface area contributed by atoms with E-state index in [9.17, 15) is 4.79 Å². The second kappa shape index (κ2) is 10.8. The summed E-state index contributed by atoms with van der Waals surface area (Å²) >= 11 is 12.1. The van der Waals surface area contributed by atoms with Gasteiger partial charge < -0.3 is 9.47 Å². The van der Waals surface area contributed by atoms with Crippen LogP contribution >= 0.6 is 23.2 Å². The van der Waals surface area contributed by atoms with Gasteiger partial charge in [0.25, 0.3) is 5.91 Å². The average molecular weight is 457 g/mol. The number of aryl methyl sites for hydroxylation is 1. The molecule has 0 heterocycles. The minimum atomic E-state index is -0.273. The summed E-state index contributed by atoms with van der Waals surface area (Å²) in [5.74, 6) is 0.875. The highest BCUT2D eigenvalue weighted by atomic mass is 35.5. The Morgan fingerprint density at radius 3 is 2.61 bits per heavy atom. The minimum absolute atomic E-state index is 0.273. The van der Waals surface area contributed by atoms with Gasteiger partial charge in [-0.3, -0.25) is 4.79 Å². The number of nitrogens with zero attached hydrogens (tertiary/aromatic N) is 1. The number of carbonyl (C=O) groups is 1. The van der Waals surface area contributed by atoms with Crippen molar-refractivity contribution in [2.24, 2.45) is 5.10 Å². The van der Waals surface area contributed by atoms with Crippen LogP contribution in [0, 0.1) is 6.92 Å². The van der Waals surface area contributed by atoms with Crippen LogP contribution < -0.4 is 14.9 Å². The molecule has 1 amide bonds. The van der Waals surface area contributed by atoms with Crippen molar-refractivity contribution in [3.63, 3.8) is 0 Å². The molecule has 0 unspecified atom stereocenters. The molecule has 0 aliphatic heterocycles. The van der Waals surface area contributed by atoms with Crippen LogP contribution in [0.2, 0.25) is 10.0 Å². The summed E-state index contributed by atoms with van der Waals surface area (Å²) in [4.78, 5) is 12.2. The van der Waals surface area contributed by atoms with Crippen molar-refractivity contribution >= 4 is 35.3 Å². The monoisotopic (exact) mass is 456 g/mol. The number of nitrogens with one attached hydrogen (secondary N) is 1. The van der Waals surface area contributed by atoms with E-state index in [-0.39, 0.29) is 12.5 Å². The molecular formula is C24H22Cl2N2O3. The van der Waals surface area contributed by atoms with Crippen LogP contribution in [0.4, 0.5) is 0 Å². The first-order chi connectivity index (χ1) is 15.0. The maximum Gasteiger partial charge on any atom is 0.271 e. The third kappa shape index (κ3) is 6.48. The molecule has 3 rings (SSSR count). The van der Waals surface area contributed by atoms with E-state index in [2.05, 4.69) is 10.5 Å². The lowest BCUT2D eigenvalue weighted by molar-refractivity contribution is 0.0955. The molecule has 0 aliphatic rings. The van der Waals surface area contributed by atoms with E-state index in [1.807, 2.05) is 38.1 Å². The van der Waals surface area contributed by atoms with Crippen LogP contribution in [-0.4, -0.2) is 18.7 Å². The Morgan fingerprint density at radius 1 is 1.03 bits per heavy atom. The van der Waals surface area contributed by atoms with Gasteiger partial charge in [-0.1, -0.05) is 47.0 Å².